The average molecular weight is 390 g/mol. The van der Waals surface area contributed by atoms with Gasteiger partial charge >= 0.3 is 0 Å². The van der Waals surface area contributed by atoms with Gasteiger partial charge in [-0.25, -0.2) is 8.42 Å². The Morgan fingerprint density at radius 2 is 1.85 bits per heavy atom. The average Bonchev–Trinajstić information content (AvgIpc) is 3.19. The summed E-state index contributed by atoms with van der Waals surface area (Å²) >= 11 is 0. The molecule has 2 aromatic rings. The topological polar surface area (TPSA) is 93.7 Å². The van der Waals surface area contributed by atoms with E-state index < -0.39 is 10.0 Å². The molecule has 1 aliphatic rings. The molecule has 8 heteroatoms. The van der Waals surface area contributed by atoms with Crippen LogP contribution in [0.3, 0.4) is 0 Å². The van der Waals surface area contributed by atoms with Gasteiger partial charge in [-0.3, -0.25) is 9.52 Å². The van der Waals surface area contributed by atoms with Crippen molar-refractivity contribution < 1.29 is 22.7 Å². The number of anilines is 1. The van der Waals surface area contributed by atoms with Crippen LogP contribution in [0.5, 0.6) is 5.75 Å². The number of hydrogen-bond acceptors (Lipinski definition) is 5. The van der Waals surface area contributed by atoms with Crippen LogP contribution in [0, 0.1) is 0 Å². The molecule has 27 heavy (non-hydrogen) atoms. The minimum atomic E-state index is -3.68. The van der Waals surface area contributed by atoms with Crippen molar-refractivity contribution in [3.05, 3.63) is 54.6 Å². The predicted molar refractivity (Wildman–Crippen MR) is 101 cm³/mol. The van der Waals surface area contributed by atoms with Crippen molar-refractivity contribution in [2.45, 2.75) is 23.8 Å². The number of amides is 1. The van der Waals surface area contributed by atoms with Gasteiger partial charge in [0.2, 0.25) is 0 Å². The Morgan fingerprint density at radius 3 is 2.52 bits per heavy atom. The number of carbonyl (C=O) groups is 1. The van der Waals surface area contributed by atoms with Crippen molar-refractivity contribution in [3.63, 3.8) is 0 Å². The number of sulfonamides is 1. The second kappa shape index (κ2) is 8.88. The number of nitrogens with one attached hydrogen (secondary N) is 2. The third-order valence-electron chi connectivity index (χ3n) is 4.08. The Balaban J connectivity index is 1.50. The highest BCUT2D eigenvalue weighted by Gasteiger charge is 2.17. The van der Waals surface area contributed by atoms with Gasteiger partial charge in [-0.05, 0) is 49.2 Å². The molecule has 0 aliphatic carbocycles. The van der Waals surface area contributed by atoms with Crippen LogP contribution < -0.4 is 14.8 Å². The van der Waals surface area contributed by atoms with Crippen LogP contribution >= 0.6 is 0 Å². The van der Waals surface area contributed by atoms with Crippen molar-refractivity contribution in [3.8, 4) is 5.75 Å². The lowest BCUT2D eigenvalue weighted by Crippen LogP contribution is -2.35. The molecule has 0 aromatic heterocycles. The first-order chi connectivity index (χ1) is 13.0. The SMILES string of the molecule is O=C(COc1ccc(S(=O)(=O)Nc2ccccc2)cc1)NC[C@@H]1CCCO1. The summed E-state index contributed by atoms with van der Waals surface area (Å²) in [4.78, 5) is 11.9. The highest BCUT2D eigenvalue weighted by atomic mass is 32.2. The summed E-state index contributed by atoms with van der Waals surface area (Å²) in [5, 5.41) is 2.76. The van der Waals surface area contributed by atoms with E-state index >= 15 is 0 Å². The van der Waals surface area contributed by atoms with Gasteiger partial charge in [0.05, 0.1) is 11.0 Å². The second-order valence-corrected chi connectivity index (χ2v) is 7.85. The minimum absolute atomic E-state index is 0.0792. The van der Waals surface area contributed by atoms with Gasteiger partial charge < -0.3 is 14.8 Å². The number of benzene rings is 2. The van der Waals surface area contributed by atoms with Crippen molar-refractivity contribution in [2.24, 2.45) is 0 Å². The molecule has 1 fully saturated rings. The Labute approximate surface area is 158 Å². The van der Waals surface area contributed by atoms with Crippen LogP contribution in [-0.2, 0) is 19.6 Å². The molecule has 1 aliphatic heterocycles. The molecule has 1 saturated heterocycles. The molecule has 0 radical (unpaired) electrons. The zero-order valence-electron chi connectivity index (χ0n) is 14.8. The first-order valence-corrected chi connectivity index (χ1v) is 10.2. The molecule has 0 spiro atoms. The lowest BCUT2D eigenvalue weighted by atomic mass is 10.2. The van der Waals surface area contributed by atoms with Gasteiger partial charge in [-0.1, -0.05) is 18.2 Å². The monoisotopic (exact) mass is 390 g/mol. The zero-order chi connectivity index (χ0) is 19.1. The van der Waals surface area contributed by atoms with Gasteiger partial charge in [0, 0.05) is 18.8 Å². The van der Waals surface area contributed by atoms with E-state index in [0.29, 0.717) is 18.0 Å². The summed E-state index contributed by atoms with van der Waals surface area (Å²) in [7, 11) is -3.68. The molecule has 1 heterocycles. The van der Waals surface area contributed by atoms with Gasteiger partial charge in [0.25, 0.3) is 15.9 Å². The van der Waals surface area contributed by atoms with E-state index in [9.17, 15) is 13.2 Å². The second-order valence-electron chi connectivity index (χ2n) is 6.17. The number of hydrogen-bond donors (Lipinski definition) is 2. The van der Waals surface area contributed by atoms with Crippen molar-refractivity contribution in [2.75, 3.05) is 24.5 Å². The standard InChI is InChI=1S/C19H22N2O5S/c22-19(20-13-17-7-4-12-25-17)14-26-16-8-10-18(11-9-16)27(23,24)21-15-5-2-1-3-6-15/h1-3,5-6,8-11,17,21H,4,7,12-14H2,(H,20,22)/t17-/m0/s1. The maximum absolute atomic E-state index is 12.4. The van der Waals surface area contributed by atoms with Gasteiger partial charge in [-0.2, -0.15) is 0 Å². The quantitative estimate of drug-likeness (QED) is 0.720. The summed E-state index contributed by atoms with van der Waals surface area (Å²) in [5.41, 5.74) is 0.487. The maximum Gasteiger partial charge on any atom is 0.261 e. The maximum atomic E-state index is 12.4. The molecular formula is C19H22N2O5S. The van der Waals surface area contributed by atoms with Crippen LogP contribution in [0.2, 0.25) is 0 Å². The number of para-hydroxylation sites is 1. The molecule has 7 nitrogen and oxygen atoms in total. The molecule has 2 aromatic carbocycles. The van der Waals surface area contributed by atoms with Crippen LogP contribution in [0.15, 0.2) is 59.5 Å². The van der Waals surface area contributed by atoms with E-state index in [1.165, 1.54) is 24.3 Å². The molecule has 1 amide bonds. The van der Waals surface area contributed by atoms with E-state index in [-0.39, 0.29) is 23.5 Å². The number of rotatable bonds is 8. The fourth-order valence-corrected chi connectivity index (χ4v) is 3.73. The van der Waals surface area contributed by atoms with Gasteiger partial charge in [0.15, 0.2) is 6.61 Å². The van der Waals surface area contributed by atoms with Crippen LogP contribution in [0.1, 0.15) is 12.8 Å². The first-order valence-electron chi connectivity index (χ1n) is 8.72. The Morgan fingerprint density at radius 1 is 1.11 bits per heavy atom. The molecule has 0 saturated carbocycles. The van der Waals surface area contributed by atoms with E-state index in [2.05, 4.69) is 10.0 Å². The Bertz CT molecular complexity index is 847. The van der Waals surface area contributed by atoms with Crippen molar-refractivity contribution in [1.29, 1.82) is 0 Å². The van der Waals surface area contributed by atoms with E-state index in [0.717, 1.165) is 19.4 Å². The normalized spacial score (nSPS) is 16.7. The van der Waals surface area contributed by atoms with Crippen LogP contribution in [0.25, 0.3) is 0 Å². The Kier molecular flexibility index (Phi) is 6.31. The molecule has 0 bridgehead atoms. The molecule has 3 rings (SSSR count). The summed E-state index contributed by atoms with van der Waals surface area (Å²) in [6, 6.07) is 14.6. The lowest BCUT2D eigenvalue weighted by molar-refractivity contribution is -0.123. The third kappa shape index (κ3) is 5.70. The lowest BCUT2D eigenvalue weighted by Gasteiger charge is -2.12. The third-order valence-corrected chi connectivity index (χ3v) is 5.48. The van der Waals surface area contributed by atoms with E-state index in [1.54, 1.807) is 30.3 Å². The highest BCUT2D eigenvalue weighted by molar-refractivity contribution is 7.92. The molecular weight excluding hydrogens is 368 g/mol. The first kappa shape index (κ1) is 19.2. The Hall–Kier alpha value is -2.58. The van der Waals surface area contributed by atoms with Crippen LogP contribution in [0.4, 0.5) is 5.69 Å². The fraction of sp³-hybridized carbons (Fsp3) is 0.316. The summed E-state index contributed by atoms with van der Waals surface area (Å²) in [6.45, 7) is 1.08. The molecule has 0 unspecified atom stereocenters. The van der Waals surface area contributed by atoms with Crippen molar-refractivity contribution in [1.82, 2.24) is 5.32 Å². The smallest absolute Gasteiger partial charge is 0.261 e. The summed E-state index contributed by atoms with van der Waals surface area (Å²) < 4.78 is 38.1. The zero-order valence-corrected chi connectivity index (χ0v) is 15.6. The predicted octanol–water partition coefficient (Wildman–Crippen LogP) is 2.16. The minimum Gasteiger partial charge on any atom is -0.484 e. The van der Waals surface area contributed by atoms with E-state index in [4.69, 9.17) is 9.47 Å². The molecule has 144 valence electrons. The van der Waals surface area contributed by atoms with E-state index in [1.807, 2.05) is 0 Å². The van der Waals surface area contributed by atoms with Gasteiger partial charge in [0.1, 0.15) is 5.75 Å². The number of carbonyl (C=O) groups excluding carboxylic acids is 1. The summed E-state index contributed by atoms with van der Waals surface area (Å²) in [5.74, 6) is 0.175. The molecule has 1 atom stereocenters. The van der Waals surface area contributed by atoms with Crippen molar-refractivity contribution >= 4 is 21.6 Å². The number of ether oxygens (including phenoxy) is 2. The largest absolute Gasteiger partial charge is 0.484 e. The highest BCUT2D eigenvalue weighted by Crippen LogP contribution is 2.19. The fourth-order valence-electron chi connectivity index (χ4n) is 2.67. The molecule has 2 N–H and O–H groups in total. The van der Waals surface area contributed by atoms with Gasteiger partial charge in [-0.15, -0.1) is 0 Å². The summed E-state index contributed by atoms with van der Waals surface area (Å²) in [6.07, 6.45) is 2.05. The van der Waals surface area contributed by atoms with Crippen LogP contribution in [-0.4, -0.2) is 40.2 Å².